The largest absolute Gasteiger partial charge is 0.497 e. The molecule has 4 heteroatoms. The standard InChI is InChI=1S/C14H22N2O2/c1-16(9-11-4-3-5-14(11)17)10-12-8-13(18-2)6-7-15-12/h6-8,11,14,17H,3-5,9-10H2,1-2H3. The van der Waals surface area contributed by atoms with Gasteiger partial charge in [-0.25, -0.2) is 0 Å². The number of aliphatic hydroxyl groups excluding tert-OH is 1. The van der Waals surface area contributed by atoms with Gasteiger partial charge in [-0.3, -0.25) is 4.98 Å². The highest BCUT2D eigenvalue weighted by atomic mass is 16.5. The molecule has 1 N–H and O–H groups in total. The summed E-state index contributed by atoms with van der Waals surface area (Å²) >= 11 is 0. The quantitative estimate of drug-likeness (QED) is 0.863. The van der Waals surface area contributed by atoms with Gasteiger partial charge in [-0.15, -0.1) is 0 Å². The third-order valence-electron chi connectivity index (χ3n) is 3.62. The van der Waals surface area contributed by atoms with E-state index in [1.807, 2.05) is 12.1 Å². The molecule has 0 spiro atoms. The van der Waals surface area contributed by atoms with E-state index in [0.717, 1.165) is 43.8 Å². The van der Waals surface area contributed by atoms with Crippen molar-refractivity contribution in [2.75, 3.05) is 20.7 Å². The minimum atomic E-state index is -0.120. The van der Waals surface area contributed by atoms with Gasteiger partial charge in [0.05, 0.1) is 18.9 Å². The highest BCUT2D eigenvalue weighted by Gasteiger charge is 2.26. The summed E-state index contributed by atoms with van der Waals surface area (Å²) in [4.78, 5) is 6.56. The van der Waals surface area contributed by atoms with Gasteiger partial charge < -0.3 is 14.7 Å². The van der Waals surface area contributed by atoms with E-state index in [1.54, 1.807) is 13.3 Å². The second-order valence-corrected chi connectivity index (χ2v) is 5.14. The predicted octanol–water partition coefficient (Wildman–Crippen LogP) is 1.68. The van der Waals surface area contributed by atoms with E-state index in [1.165, 1.54) is 0 Å². The van der Waals surface area contributed by atoms with E-state index < -0.39 is 0 Å². The summed E-state index contributed by atoms with van der Waals surface area (Å²) in [5.41, 5.74) is 1.00. The van der Waals surface area contributed by atoms with Gasteiger partial charge in [0, 0.05) is 25.4 Å². The predicted molar refractivity (Wildman–Crippen MR) is 70.5 cm³/mol. The van der Waals surface area contributed by atoms with Gasteiger partial charge in [0.1, 0.15) is 5.75 Å². The van der Waals surface area contributed by atoms with Crippen LogP contribution in [0.2, 0.25) is 0 Å². The Kier molecular flexibility index (Phi) is 4.55. The maximum atomic E-state index is 9.82. The lowest BCUT2D eigenvalue weighted by molar-refractivity contribution is 0.107. The molecule has 1 aromatic heterocycles. The fourth-order valence-electron chi connectivity index (χ4n) is 2.64. The lowest BCUT2D eigenvalue weighted by Gasteiger charge is -2.22. The minimum Gasteiger partial charge on any atom is -0.497 e. The second-order valence-electron chi connectivity index (χ2n) is 5.14. The molecule has 2 rings (SSSR count). The third kappa shape index (κ3) is 3.43. The van der Waals surface area contributed by atoms with Crippen molar-refractivity contribution in [3.8, 4) is 5.75 Å². The Hall–Kier alpha value is -1.13. The molecule has 0 radical (unpaired) electrons. The molecule has 0 saturated heterocycles. The van der Waals surface area contributed by atoms with Crippen LogP contribution in [0.25, 0.3) is 0 Å². The van der Waals surface area contributed by atoms with Crippen LogP contribution in [-0.2, 0) is 6.54 Å². The highest BCUT2D eigenvalue weighted by molar-refractivity contribution is 5.22. The minimum absolute atomic E-state index is 0.120. The normalized spacial score (nSPS) is 23.6. The third-order valence-corrected chi connectivity index (χ3v) is 3.62. The number of aliphatic hydroxyl groups is 1. The molecule has 0 aliphatic heterocycles. The SMILES string of the molecule is COc1ccnc(CN(C)CC2CCCC2O)c1. The monoisotopic (exact) mass is 250 g/mol. The molecule has 1 heterocycles. The number of rotatable bonds is 5. The van der Waals surface area contributed by atoms with E-state index in [0.29, 0.717) is 5.92 Å². The van der Waals surface area contributed by atoms with E-state index in [9.17, 15) is 5.11 Å². The van der Waals surface area contributed by atoms with E-state index >= 15 is 0 Å². The number of aromatic nitrogens is 1. The summed E-state index contributed by atoms with van der Waals surface area (Å²) in [5.74, 6) is 1.26. The van der Waals surface area contributed by atoms with Gasteiger partial charge >= 0.3 is 0 Å². The summed E-state index contributed by atoms with van der Waals surface area (Å²) in [6.07, 6.45) is 4.89. The molecular weight excluding hydrogens is 228 g/mol. The molecule has 1 fully saturated rings. The number of ether oxygens (including phenoxy) is 1. The average molecular weight is 250 g/mol. The fourth-order valence-corrected chi connectivity index (χ4v) is 2.64. The Morgan fingerprint density at radius 1 is 1.50 bits per heavy atom. The van der Waals surface area contributed by atoms with E-state index in [-0.39, 0.29) is 6.10 Å². The fraction of sp³-hybridized carbons (Fsp3) is 0.643. The highest BCUT2D eigenvalue weighted by Crippen LogP contribution is 2.26. The van der Waals surface area contributed by atoms with Crippen LogP contribution in [0, 0.1) is 5.92 Å². The van der Waals surface area contributed by atoms with Crippen molar-refractivity contribution in [3.63, 3.8) is 0 Å². The van der Waals surface area contributed by atoms with Crippen LogP contribution in [0.4, 0.5) is 0 Å². The second kappa shape index (κ2) is 6.16. The van der Waals surface area contributed by atoms with Gasteiger partial charge in [0.15, 0.2) is 0 Å². The molecule has 0 amide bonds. The average Bonchev–Trinajstić information content (AvgIpc) is 2.75. The molecule has 1 aliphatic rings. The molecule has 1 aromatic rings. The van der Waals surface area contributed by atoms with Crippen LogP contribution in [0.3, 0.4) is 0 Å². The Balaban J connectivity index is 1.88. The van der Waals surface area contributed by atoms with Crippen molar-refractivity contribution in [2.45, 2.75) is 31.9 Å². The number of nitrogens with zero attached hydrogens (tertiary/aromatic N) is 2. The molecule has 1 aliphatic carbocycles. The van der Waals surface area contributed by atoms with E-state index in [4.69, 9.17) is 4.74 Å². The summed E-state index contributed by atoms with van der Waals surface area (Å²) in [5, 5.41) is 9.82. The Morgan fingerprint density at radius 2 is 2.33 bits per heavy atom. The van der Waals surface area contributed by atoms with Gasteiger partial charge in [-0.05, 0) is 31.9 Å². The molecule has 1 saturated carbocycles. The van der Waals surface area contributed by atoms with Crippen molar-refractivity contribution in [1.29, 1.82) is 0 Å². The Labute approximate surface area is 109 Å². The lowest BCUT2D eigenvalue weighted by atomic mass is 10.1. The number of pyridine rings is 1. The first-order chi connectivity index (χ1) is 8.69. The van der Waals surface area contributed by atoms with Crippen LogP contribution in [-0.4, -0.2) is 41.8 Å². The van der Waals surface area contributed by atoms with Crippen LogP contribution < -0.4 is 4.74 Å². The van der Waals surface area contributed by atoms with Gasteiger partial charge in [0.2, 0.25) is 0 Å². The Morgan fingerprint density at radius 3 is 3.00 bits per heavy atom. The summed E-state index contributed by atoms with van der Waals surface area (Å²) in [7, 11) is 3.74. The molecule has 18 heavy (non-hydrogen) atoms. The zero-order valence-corrected chi connectivity index (χ0v) is 11.2. The zero-order valence-electron chi connectivity index (χ0n) is 11.2. The van der Waals surface area contributed by atoms with Crippen LogP contribution in [0.5, 0.6) is 5.75 Å². The van der Waals surface area contributed by atoms with Gasteiger partial charge in [-0.1, -0.05) is 6.42 Å². The van der Waals surface area contributed by atoms with Crippen LogP contribution >= 0.6 is 0 Å². The number of hydrogen-bond donors (Lipinski definition) is 1. The van der Waals surface area contributed by atoms with Crippen molar-refractivity contribution in [1.82, 2.24) is 9.88 Å². The van der Waals surface area contributed by atoms with Gasteiger partial charge in [-0.2, -0.15) is 0 Å². The Bertz CT molecular complexity index is 384. The zero-order chi connectivity index (χ0) is 13.0. The first kappa shape index (κ1) is 13.3. The molecule has 4 nitrogen and oxygen atoms in total. The van der Waals surface area contributed by atoms with E-state index in [2.05, 4.69) is 16.9 Å². The lowest BCUT2D eigenvalue weighted by Crippen LogP contribution is -2.29. The van der Waals surface area contributed by atoms with Crippen molar-refractivity contribution < 1.29 is 9.84 Å². The maximum absolute atomic E-state index is 9.82. The molecule has 2 unspecified atom stereocenters. The first-order valence-corrected chi connectivity index (χ1v) is 6.54. The molecule has 0 aromatic carbocycles. The van der Waals surface area contributed by atoms with Crippen LogP contribution in [0.1, 0.15) is 25.0 Å². The first-order valence-electron chi connectivity index (χ1n) is 6.54. The summed E-state index contributed by atoms with van der Waals surface area (Å²) in [6, 6.07) is 3.81. The number of hydrogen-bond acceptors (Lipinski definition) is 4. The molecule has 100 valence electrons. The molecule has 0 bridgehead atoms. The maximum Gasteiger partial charge on any atom is 0.122 e. The molecular formula is C14H22N2O2. The topological polar surface area (TPSA) is 45.6 Å². The molecule has 2 atom stereocenters. The van der Waals surface area contributed by atoms with Crippen LogP contribution in [0.15, 0.2) is 18.3 Å². The number of methoxy groups -OCH3 is 1. The summed E-state index contributed by atoms with van der Waals surface area (Å²) < 4.78 is 5.19. The van der Waals surface area contributed by atoms with Gasteiger partial charge in [0.25, 0.3) is 0 Å². The smallest absolute Gasteiger partial charge is 0.122 e. The van der Waals surface area contributed by atoms with Crippen molar-refractivity contribution in [2.24, 2.45) is 5.92 Å². The van der Waals surface area contributed by atoms with Crippen molar-refractivity contribution in [3.05, 3.63) is 24.0 Å². The summed E-state index contributed by atoms with van der Waals surface area (Å²) in [6.45, 7) is 1.72. The van der Waals surface area contributed by atoms with Crippen molar-refractivity contribution >= 4 is 0 Å².